The first-order valence-electron chi connectivity index (χ1n) is 7.37. The molecule has 0 bridgehead atoms. The maximum Gasteiger partial charge on any atom is 0.252 e. The fraction of sp³-hybridized carbons (Fsp3) is 0.438. The zero-order chi connectivity index (χ0) is 17.4. The fourth-order valence-corrected chi connectivity index (χ4v) is 2.11. The minimum absolute atomic E-state index is 0.00449. The average molecular weight is 340 g/mol. The van der Waals surface area contributed by atoms with Crippen molar-refractivity contribution in [3.05, 3.63) is 34.9 Å². The molecule has 2 N–H and O–H groups in total. The Morgan fingerprint density at radius 1 is 1.22 bits per heavy atom. The number of benzene rings is 1. The van der Waals surface area contributed by atoms with E-state index in [1.807, 2.05) is 13.8 Å². The number of amides is 3. The third kappa shape index (κ3) is 6.69. The molecule has 0 spiro atoms. The molecule has 0 atom stereocenters. The molecule has 126 valence electrons. The first-order chi connectivity index (χ1) is 10.8. The number of halogens is 1. The van der Waals surface area contributed by atoms with Gasteiger partial charge in [0.15, 0.2) is 0 Å². The van der Waals surface area contributed by atoms with Crippen LogP contribution < -0.4 is 10.6 Å². The molecule has 3 amide bonds. The highest BCUT2D eigenvalue weighted by molar-refractivity contribution is 6.33. The zero-order valence-corrected chi connectivity index (χ0v) is 14.3. The minimum Gasteiger partial charge on any atom is -0.352 e. The summed E-state index contributed by atoms with van der Waals surface area (Å²) in [4.78, 5) is 36.8. The first-order valence-corrected chi connectivity index (χ1v) is 7.75. The highest BCUT2D eigenvalue weighted by Crippen LogP contribution is 2.14. The molecule has 1 aromatic rings. The van der Waals surface area contributed by atoms with Gasteiger partial charge >= 0.3 is 0 Å². The Labute approximate surface area is 141 Å². The van der Waals surface area contributed by atoms with E-state index < -0.39 is 0 Å². The van der Waals surface area contributed by atoms with E-state index in [1.54, 1.807) is 31.3 Å². The molecule has 0 saturated carbocycles. The van der Waals surface area contributed by atoms with E-state index in [0.717, 1.165) is 0 Å². The molecule has 23 heavy (non-hydrogen) atoms. The normalized spacial score (nSPS) is 10.3. The Bertz CT molecular complexity index is 575. The van der Waals surface area contributed by atoms with E-state index in [0.29, 0.717) is 10.6 Å². The smallest absolute Gasteiger partial charge is 0.252 e. The lowest BCUT2D eigenvalue weighted by Gasteiger charge is -2.18. The Balaban J connectivity index is 2.37. The van der Waals surface area contributed by atoms with Crippen LogP contribution in [0.4, 0.5) is 0 Å². The molecule has 0 aromatic heterocycles. The SMILES string of the molecule is CC(C)NC(=O)CN(C)C(=O)CCNC(=O)c1ccccc1Cl. The molecule has 1 aromatic carbocycles. The summed E-state index contributed by atoms with van der Waals surface area (Å²) in [7, 11) is 1.55. The third-order valence-electron chi connectivity index (χ3n) is 3.00. The highest BCUT2D eigenvalue weighted by Gasteiger charge is 2.14. The van der Waals surface area contributed by atoms with Crippen LogP contribution in [0.15, 0.2) is 24.3 Å². The Kier molecular flexibility index (Phi) is 7.54. The lowest BCUT2D eigenvalue weighted by atomic mass is 10.2. The van der Waals surface area contributed by atoms with Crippen LogP contribution >= 0.6 is 11.6 Å². The van der Waals surface area contributed by atoms with Gasteiger partial charge in [0.05, 0.1) is 17.1 Å². The maximum absolute atomic E-state index is 11.9. The molecule has 7 heteroatoms. The van der Waals surface area contributed by atoms with E-state index in [2.05, 4.69) is 10.6 Å². The molecule has 6 nitrogen and oxygen atoms in total. The molecule has 0 fully saturated rings. The summed E-state index contributed by atoms with van der Waals surface area (Å²) < 4.78 is 0. The molecule has 0 aliphatic carbocycles. The van der Waals surface area contributed by atoms with E-state index in [4.69, 9.17) is 11.6 Å². The van der Waals surface area contributed by atoms with Crippen molar-refractivity contribution in [3.8, 4) is 0 Å². The number of nitrogens with one attached hydrogen (secondary N) is 2. The third-order valence-corrected chi connectivity index (χ3v) is 3.33. The molecule has 0 saturated heterocycles. The van der Waals surface area contributed by atoms with Crippen LogP contribution in [0.1, 0.15) is 30.6 Å². The van der Waals surface area contributed by atoms with Crippen LogP contribution in [0.5, 0.6) is 0 Å². The molecule has 0 unspecified atom stereocenters. The van der Waals surface area contributed by atoms with Gasteiger partial charge < -0.3 is 15.5 Å². The topological polar surface area (TPSA) is 78.5 Å². The monoisotopic (exact) mass is 339 g/mol. The van der Waals surface area contributed by atoms with Gasteiger partial charge in [-0.1, -0.05) is 23.7 Å². The van der Waals surface area contributed by atoms with Gasteiger partial charge in [-0.2, -0.15) is 0 Å². The van der Waals surface area contributed by atoms with Gasteiger partial charge in [0.25, 0.3) is 5.91 Å². The molecular formula is C16H22ClN3O3. The zero-order valence-electron chi connectivity index (χ0n) is 13.6. The Hall–Kier alpha value is -2.08. The van der Waals surface area contributed by atoms with Crippen LogP contribution in [0.2, 0.25) is 5.02 Å². The highest BCUT2D eigenvalue weighted by atomic mass is 35.5. The van der Waals surface area contributed by atoms with Crippen LogP contribution in [0.25, 0.3) is 0 Å². The van der Waals surface area contributed by atoms with E-state index in [-0.39, 0.29) is 43.3 Å². The van der Waals surface area contributed by atoms with Gasteiger partial charge in [0.2, 0.25) is 11.8 Å². The summed E-state index contributed by atoms with van der Waals surface area (Å²) >= 11 is 5.93. The summed E-state index contributed by atoms with van der Waals surface area (Å²) in [5.74, 6) is -0.761. The second-order valence-corrected chi connectivity index (χ2v) is 5.86. The van der Waals surface area contributed by atoms with Gasteiger partial charge in [-0.15, -0.1) is 0 Å². The number of hydrogen-bond acceptors (Lipinski definition) is 3. The number of carbonyl (C=O) groups is 3. The standard InChI is InChI=1S/C16H22ClN3O3/c1-11(2)19-14(21)10-20(3)15(22)8-9-18-16(23)12-6-4-5-7-13(12)17/h4-7,11H,8-10H2,1-3H3,(H,18,23)(H,19,21). The van der Waals surface area contributed by atoms with Crippen molar-refractivity contribution in [1.29, 1.82) is 0 Å². The number of rotatable bonds is 7. The van der Waals surface area contributed by atoms with Crippen molar-refractivity contribution >= 4 is 29.3 Å². The first kappa shape index (κ1) is 19.0. The molecule has 0 aliphatic rings. The lowest BCUT2D eigenvalue weighted by Crippen LogP contribution is -2.41. The van der Waals surface area contributed by atoms with Gasteiger partial charge in [0, 0.05) is 26.1 Å². The van der Waals surface area contributed by atoms with Gasteiger partial charge in [0.1, 0.15) is 0 Å². The van der Waals surface area contributed by atoms with Gasteiger partial charge in [-0.05, 0) is 26.0 Å². The van der Waals surface area contributed by atoms with Crippen molar-refractivity contribution in [2.45, 2.75) is 26.3 Å². The summed E-state index contributed by atoms with van der Waals surface area (Å²) in [6, 6.07) is 6.72. The van der Waals surface area contributed by atoms with Crippen LogP contribution in [-0.2, 0) is 9.59 Å². The van der Waals surface area contributed by atoms with E-state index in [1.165, 1.54) is 4.90 Å². The summed E-state index contributed by atoms with van der Waals surface area (Å²) in [5.41, 5.74) is 0.367. The largest absolute Gasteiger partial charge is 0.352 e. The van der Waals surface area contributed by atoms with Crippen molar-refractivity contribution in [1.82, 2.24) is 15.5 Å². The van der Waals surface area contributed by atoms with Crippen molar-refractivity contribution in [2.75, 3.05) is 20.1 Å². The van der Waals surface area contributed by atoms with Crippen molar-refractivity contribution in [3.63, 3.8) is 0 Å². The van der Waals surface area contributed by atoms with Crippen molar-refractivity contribution < 1.29 is 14.4 Å². The van der Waals surface area contributed by atoms with Crippen LogP contribution in [0, 0.1) is 0 Å². The lowest BCUT2D eigenvalue weighted by molar-refractivity contribution is -0.134. The predicted molar refractivity (Wildman–Crippen MR) is 89.3 cm³/mol. The van der Waals surface area contributed by atoms with Crippen LogP contribution in [-0.4, -0.2) is 48.8 Å². The Morgan fingerprint density at radius 3 is 2.48 bits per heavy atom. The number of hydrogen-bond donors (Lipinski definition) is 2. The molecule has 0 radical (unpaired) electrons. The van der Waals surface area contributed by atoms with Crippen LogP contribution in [0.3, 0.4) is 0 Å². The quantitative estimate of drug-likeness (QED) is 0.789. The maximum atomic E-state index is 11.9. The predicted octanol–water partition coefficient (Wildman–Crippen LogP) is 1.44. The molecular weight excluding hydrogens is 318 g/mol. The summed E-state index contributed by atoms with van der Waals surface area (Å²) in [6.45, 7) is 3.88. The fourth-order valence-electron chi connectivity index (χ4n) is 1.89. The molecule has 1 rings (SSSR count). The second-order valence-electron chi connectivity index (χ2n) is 5.46. The minimum atomic E-state index is -0.330. The van der Waals surface area contributed by atoms with Crippen molar-refractivity contribution in [2.24, 2.45) is 0 Å². The Morgan fingerprint density at radius 2 is 1.87 bits per heavy atom. The number of likely N-dealkylation sites (N-methyl/N-ethyl adjacent to an activating group) is 1. The summed E-state index contributed by atoms with van der Waals surface area (Å²) in [5, 5.41) is 5.71. The van der Waals surface area contributed by atoms with Gasteiger partial charge in [-0.3, -0.25) is 14.4 Å². The summed E-state index contributed by atoms with van der Waals surface area (Å²) in [6.07, 6.45) is 0.113. The van der Waals surface area contributed by atoms with Gasteiger partial charge in [-0.25, -0.2) is 0 Å². The average Bonchev–Trinajstić information content (AvgIpc) is 2.46. The number of nitrogens with zero attached hydrogens (tertiary/aromatic N) is 1. The molecule has 0 aliphatic heterocycles. The number of carbonyl (C=O) groups excluding carboxylic acids is 3. The molecule has 0 heterocycles. The second kappa shape index (κ2) is 9.15. The van der Waals surface area contributed by atoms with E-state index >= 15 is 0 Å². The van der Waals surface area contributed by atoms with E-state index in [9.17, 15) is 14.4 Å².